The molecule has 0 radical (unpaired) electrons. The van der Waals surface area contributed by atoms with Gasteiger partial charge in [-0.25, -0.2) is 0 Å². The fourth-order valence-electron chi connectivity index (χ4n) is 3.68. The summed E-state index contributed by atoms with van der Waals surface area (Å²) in [6.07, 6.45) is 2.51. The second-order valence-corrected chi connectivity index (χ2v) is 6.67. The minimum absolute atomic E-state index is 0.0520. The highest BCUT2D eigenvalue weighted by Gasteiger charge is 2.56. The van der Waals surface area contributed by atoms with Crippen molar-refractivity contribution in [2.75, 3.05) is 13.7 Å². The van der Waals surface area contributed by atoms with Crippen molar-refractivity contribution in [1.82, 2.24) is 0 Å². The molecular formula is C15H20BrNO3. The van der Waals surface area contributed by atoms with Gasteiger partial charge in [0, 0.05) is 22.0 Å². The predicted octanol–water partition coefficient (Wildman–Crippen LogP) is 2.39. The number of benzene rings is 1. The van der Waals surface area contributed by atoms with Crippen molar-refractivity contribution in [1.29, 1.82) is 0 Å². The van der Waals surface area contributed by atoms with E-state index in [0.29, 0.717) is 12.3 Å². The van der Waals surface area contributed by atoms with E-state index in [2.05, 4.69) is 15.9 Å². The van der Waals surface area contributed by atoms with Gasteiger partial charge in [-0.3, -0.25) is 0 Å². The maximum atomic E-state index is 11.0. The summed E-state index contributed by atoms with van der Waals surface area (Å²) in [5.74, 6) is 0.691. The molecule has 0 aromatic heterocycles. The molecule has 20 heavy (non-hydrogen) atoms. The Morgan fingerprint density at radius 1 is 1.55 bits per heavy atom. The van der Waals surface area contributed by atoms with Gasteiger partial charge in [0.2, 0.25) is 0 Å². The molecule has 5 heteroatoms. The van der Waals surface area contributed by atoms with Crippen LogP contribution in [-0.2, 0) is 4.74 Å². The van der Waals surface area contributed by atoms with Crippen LogP contribution in [0.15, 0.2) is 22.7 Å². The molecule has 1 aromatic rings. The number of fused-ring (bicyclic) bond motifs is 2. The molecule has 1 aromatic carbocycles. The van der Waals surface area contributed by atoms with Crippen LogP contribution in [0.5, 0.6) is 5.75 Å². The number of rotatable bonds is 4. The van der Waals surface area contributed by atoms with Gasteiger partial charge in [0.15, 0.2) is 0 Å². The molecule has 110 valence electrons. The van der Waals surface area contributed by atoms with Crippen LogP contribution in [0.1, 0.15) is 30.9 Å². The Labute approximate surface area is 127 Å². The van der Waals surface area contributed by atoms with E-state index in [4.69, 9.17) is 15.2 Å². The first-order valence-corrected chi connectivity index (χ1v) is 7.77. The molecule has 2 aliphatic rings. The molecule has 0 saturated carbocycles. The molecule has 3 N–H and O–H groups in total. The Hall–Kier alpha value is -0.620. The lowest BCUT2D eigenvalue weighted by molar-refractivity contribution is -0.0273. The third-order valence-electron chi connectivity index (χ3n) is 4.77. The summed E-state index contributed by atoms with van der Waals surface area (Å²) in [7, 11) is 1.62. The number of methoxy groups -OCH3 is 1. The van der Waals surface area contributed by atoms with Crippen LogP contribution in [0, 0.1) is 5.41 Å². The van der Waals surface area contributed by atoms with Gasteiger partial charge in [0.25, 0.3) is 0 Å². The molecule has 0 spiro atoms. The van der Waals surface area contributed by atoms with Gasteiger partial charge in [0.1, 0.15) is 5.75 Å². The minimum Gasteiger partial charge on any atom is -0.496 e. The lowest BCUT2D eigenvalue weighted by atomic mass is 9.68. The molecule has 2 bridgehead atoms. The third kappa shape index (κ3) is 2.08. The summed E-state index contributed by atoms with van der Waals surface area (Å²) < 4.78 is 12.2. The first-order valence-electron chi connectivity index (χ1n) is 6.98. The lowest BCUT2D eigenvalue weighted by Gasteiger charge is -2.39. The van der Waals surface area contributed by atoms with Crippen LogP contribution in [0.4, 0.5) is 0 Å². The van der Waals surface area contributed by atoms with Gasteiger partial charge in [-0.05, 0) is 37.5 Å². The number of nitrogens with two attached hydrogens (primary N) is 1. The second-order valence-electron chi connectivity index (χ2n) is 5.75. The Balaban J connectivity index is 1.99. The molecule has 0 amide bonds. The van der Waals surface area contributed by atoms with Gasteiger partial charge in [-0.2, -0.15) is 0 Å². The van der Waals surface area contributed by atoms with Gasteiger partial charge < -0.3 is 20.3 Å². The van der Waals surface area contributed by atoms with E-state index in [1.54, 1.807) is 7.11 Å². The first-order chi connectivity index (χ1) is 9.60. The summed E-state index contributed by atoms with van der Waals surface area (Å²) in [4.78, 5) is 0. The predicted molar refractivity (Wildman–Crippen MR) is 79.7 cm³/mol. The van der Waals surface area contributed by atoms with Crippen molar-refractivity contribution >= 4 is 15.9 Å². The SMILES string of the molecule is COc1ccc(Br)cc1C(O)C1(CN)CC2CCC1O2. The normalized spacial score (nSPS) is 33.4. The average Bonchev–Trinajstić information content (AvgIpc) is 3.07. The molecule has 4 atom stereocenters. The topological polar surface area (TPSA) is 64.7 Å². The largest absolute Gasteiger partial charge is 0.496 e. The number of halogens is 1. The van der Waals surface area contributed by atoms with Crippen LogP contribution >= 0.6 is 15.9 Å². The van der Waals surface area contributed by atoms with E-state index in [1.807, 2.05) is 18.2 Å². The molecule has 4 unspecified atom stereocenters. The fourth-order valence-corrected chi connectivity index (χ4v) is 4.06. The molecule has 2 heterocycles. The smallest absolute Gasteiger partial charge is 0.124 e. The fraction of sp³-hybridized carbons (Fsp3) is 0.600. The molecule has 3 rings (SSSR count). The summed E-state index contributed by atoms with van der Waals surface area (Å²) in [5.41, 5.74) is 6.42. The maximum Gasteiger partial charge on any atom is 0.124 e. The zero-order valence-electron chi connectivity index (χ0n) is 11.5. The highest BCUT2D eigenvalue weighted by Crippen LogP contribution is 2.54. The van der Waals surface area contributed by atoms with Gasteiger partial charge in [-0.15, -0.1) is 0 Å². The lowest BCUT2D eigenvalue weighted by Crippen LogP contribution is -2.44. The number of aliphatic hydroxyl groups is 1. The highest BCUT2D eigenvalue weighted by molar-refractivity contribution is 9.10. The van der Waals surface area contributed by atoms with E-state index in [9.17, 15) is 5.11 Å². The Morgan fingerprint density at radius 3 is 2.90 bits per heavy atom. The van der Waals surface area contributed by atoms with Gasteiger partial charge in [0.05, 0.1) is 25.4 Å². The van der Waals surface area contributed by atoms with E-state index in [0.717, 1.165) is 29.3 Å². The highest BCUT2D eigenvalue weighted by atomic mass is 79.9. The molecule has 2 fully saturated rings. The van der Waals surface area contributed by atoms with Crippen molar-refractivity contribution in [3.63, 3.8) is 0 Å². The van der Waals surface area contributed by atoms with Gasteiger partial charge >= 0.3 is 0 Å². The zero-order chi connectivity index (χ0) is 14.3. The van der Waals surface area contributed by atoms with Crippen LogP contribution in [0.25, 0.3) is 0 Å². The van der Waals surface area contributed by atoms with Crippen molar-refractivity contribution in [2.24, 2.45) is 11.1 Å². The molecular weight excluding hydrogens is 322 g/mol. The van der Waals surface area contributed by atoms with Crippen molar-refractivity contribution in [2.45, 2.75) is 37.6 Å². The third-order valence-corrected chi connectivity index (χ3v) is 5.26. The summed E-state index contributed by atoms with van der Waals surface area (Å²) in [6.45, 7) is 0.422. The first kappa shape index (κ1) is 14.3. The van der Waals surface area contributed by atoms with Crippen LogP contribution in [0.3, 0.4) is 0 Å². The summed E-state index contributed by atoms with van der Waals surface area (Å²) in [5, 5.41) is 11.0. The van der Waals surface area contributed by atoms with Crippen LogP contribution < -0.4 is 10.5 Å². The van der Waals surface area contributed by atoms with E-state index in [-0.39, 0.29) is 12.2 Å². The average molecular weight is 342 g/mol. The second kappa shape index (κ2) is 5.30. The van der Waals surface area contributed by atoms with Gasteiger partial charge in [-0.1, -0.05) is 15.9 Å². The van der Waals surface area contributed by atoms with Crippen molar-refractivity contribution in [3.05, 3.63) is 28.2 Å². The Morgan fingerprint density at radius 2 is 2.35 bits per heavy atom. The zero-order valence-corrected chi connectivity index (χ0v) is 13.1. The number of aliphatic hydroxyl groups excluding tert-OH is 1. The molecule has 4 nitrogen and oxygen atoms in total. The number of hydrogen-bond acceptors (Lipinski definition) is 4. The number of hydrogen-bond donors (Lipinski definition) is 2. The number of ether oxygens (including phenoxy) is 2. The monoisotopic (exact) mass is 341 g/mol. The quantitative estimate of drug-likeness (QED) is 0.882. The molecule has 0 aliphatic carbocycles. The van der Waals surface area contributed by atoms with E-state index >= 15 is 0 Å². The van der Waals surface area contributed by atoms with E-state index in [1.165, 1.54) is 0 Å². The Bertz CT molecular complexity index is 510. The summed E-state index contributed by atoms with van der Waals surface area (Å²) >= 11 is 3.45. The standard InChI is InChI=1S/C15H20BrNO3/c1-19-12-4-2-9(16)6-11(12)14(18)15(8-17)7-10-3-5-13(15)20-10/h2,4,6,10,13-14,18H,3,5,7-8,17H2,1H3. The van der Waals surface area contributed by atoms with Crippen molar-refractivity contribution in [3.8, 4) is 5.75 Å². The van der Waals surface area contributed by atoms with Crippen LogP contribution in [-0.4, -0.2) is 31.0 Å². The minimum atomic E-state index is -0.671. The van der Waals surface area contributed by atoms with E-state index < -0.39 is 11.5 Å². The Kier molecular flexibility index (Phi) is 3.79. The van der Waals surface area contributed by atoms with Crippen molar-refractivity contribution < 1.29 is 14.6 Å². The molecule has 2 aliphatic heterocycles. The van der Waals surface area contributed by atoms with Crippen LogP contribution in [0.2, 0.25) is 0 Å². The summed E-state index contributed by atoms with van der Waals surface area (Å²) in [6, 6.07) is 5.68. The molecule has 2 saturated heterocycles. The maximum absolute atomic E-state index is 11.0.